The number of carbonyl (C=O) groups excluding carboxylic acids is 1. The Labute approximate surface area is 162 Å². The Morgan fingerprint density at radius 3 is 2.37 bits per heavy atom. The predicted octanol–water partition coefficient (Wildman–Crippen LogP) is 4.39. The van der Waals surface area contributed by atoms with Gasteiger partial charge in [-0.05, 0) is 61.0 Å². The second kappa shape index (κ2) is 9.00. The molecule has 0 radical (unpaired) electrons. The number of halogens is 1. The summed E-state index contributed by atoms with van der Waals surface area (Å²) in [7, 11) is 0. The van der Waals surface area contributed by atoms with Gasteiger partial charge in [0.1, 0.15) is 11.6 Å². The van der Waals surface area contributed by atoms with Gasteiger partial charge >= 0.3 is 0 Å². The van der Waals surface area contributed by atoms with Crippen molar-refractivity contribution in [1.29, 1.82) is 0 Å². The SMILES string of the molecule is CCOc1ccc(NC(=O)c2ccc(NCc3ccc(Cl)cc3)nn2)cc1. The van der Waals surface area contributed by atoms with E-state index in [4.69, 9.17) is 16.3 Å². The monoisotopic (exact) mass is 382 g/mol. The van der Waals surface area contributed by atoms with Crippen LogP contribution in [0.15, 0.2) is 60.7 Å². The van der Waals surface area contributed by atoms with E-state index in [2.05, 4.69) is 20.8 Å². The van der Waals surface area contributed by atoms with Crippen LogP contribution in [0.2, 0.25) is 5.02 Å². The maximum Gasteiger partial charge on any atom is 0.276 e. The van der Waals surface area contributed by atoms with E-state index in [0.29, 0.717) is 29.7 Å². The number of nitrogens with one attached hydrogen (secondary N) is 2. The average Bonchev–Trinajstić information content (AvgIpc) is 2.70. The van der Waals surface area contributed by atoms with Gasteiger partial charge in [-0.25, -0.2) is 0 Å². The fourth-order valence-corrected chi connectivity index (χ4v) is 2.46. The molecule has 0 fully saturated rings. The molecule has 1 aromatic heterocycles. The molecule has 6 nitrogen and oxygen atoms in total. The first-order valence-corrected chi connectivity index (χ1v) is 8.88. The van der Waals surface area contributed by atoms with Gasteiger partial charge < -0.3 is 15.4 Å². The molecule has 2 aromatic carbocycles. The van der Waals surface area contributed by atoms with Crippen LogP contribution in [-0.4, -0.2) is 22.7 Å². The van der Waals surface area contributed by atoms with E-state index >= 15 is 0 Å². The van der Waals surface area contributed by atoms with Crippen LogP contribution in [0.5, 0.6) is 5.75 Å². The third-order valence-electron chi connectivity index (χ3n) is 3.71. The fourth-order valence-electron chi connectivity index (χ4n) is 2.34. The first kappa shape index (κ1) is 18.7. The van der Waals surface area contributed by atoms with E-state index in [9.17, 15) is 4.79 Å². The molecule has 0 bridgehead atoms. The third-order valence-corrected chi connectivity index (χ3v) is 3.96. The van der Waals surface area contributed by atoms with Crippen LogP contribution in [0.1, 0.15) is 23.0 Å². The molecule has 0 saturated carbocycles. The van der Waals surface area contributed by atoms with Gasteiger partial charge in [-0.15, -0.1) is 10.2 Å². The Morgan fingerprint density at radius 1 is 1.00 bits per heavy atom. The average molecular weight is 383 g/mol. The Hall–Kier alpha value is -3.12. The largest absolute Gasteiger partial charge is 0.494 e. The molecule has 0 atom stereocenters. The topological polar surface area (TPSA) is 76.1 Å². The zero-order valence-corrected chi connectivity index (χ0v) is 15.5. The predicted molar refractivity (Wildman–Crippen MR) is 106 cm³/mol. The van der Waals surface area contributed by atoms with Crippen LogP contribution in [0.4, 0.5) is 11.5 Å². The normalized spacial score (nSPS) is 10.3. The van der Waals surface area contributed by atoms with Gasteiger partial charge in [0, 0.05) is 17.3 Å². The van der Waals surface area contributed by atoms with Gasteiger partial charge in [0.25, 0.3) is 5.91 Å². The summed E-state index contributed by atoms with van der Waals surface area (Å²) < 4.78 is 5.38. The summed E-state index contributed by atoms with van der Waals surface area (Å²) in [5, 5.41) is 14.7. The number of nitrogens with zero attached hydrogens (tertiary/aromatic N) is 2. The molecular formula is C20H19ClN4O2. The lowest BCUT2D eigenvalue weighted by Crippen LogP contribution is -2.14. The highest BCUT2D eigenvalue weighted by atomic mass is 35.5. The molecule has 138 valence electrons. The number of hydrogen-bond donors (Lipinski definition) is 2. The van der Waals surface area contributed by atoms with Crippen LogP contribution >= 0.6 is 11.6 Å². The van der Waals surface area contributed by atoms with Crippen molar-refractivity contribution in [3.8, 4) is 5.75 Å². The third kappa shape index (κ3) is 5.43. The molecule has 0 unspecified atom stereocenters. The zero-order chi connectivity index (χ0) is 19.1. The van der Waals surface area contributed by atoms with Crippen molar-refractivity contribution in [3.05, 3.63) is 76.9 Å². The van der Waals surface area contributed by atoms with Crippen molar-refractivity contribution < 1.29 is 9.53 Å². The summed E-state index contributed by atoms with van der Waals surface area (Å²) in [6.07, 6.45) is 0. The summed E-state index contributed by atoms with van der Waals surface area (Å²) >= 11 is 5.87. The Kier molecular flexibility index (Phi) is 6.22. The highest BCUT2D eigenvalue weighted by Crippen LogP contribution is 2.16. The lowest BCUT2D eigenvalue weighted by Gasteiger charge is -2.08. The van der Waals surface area contributed by atoms with Gasteiger partial charge in [0.05, 0.1) is 6.61 Å². The summed E-state index contributed by atoms with van der Waals surface area (Å²) in [6, 6.07) is 18.0. The Morgan fingerprint density at radius 2 is 1.74 bits per heavy atom. The minimum absolute atomic E-state index is 0.237. The Bertz CT molecular complexity index is 881. The van der Waals surface area contributed by atoms with Crippen LogP contribution in [0.25, 0.3) is 0 Å². The molecule has 0 aliphatic heterocycles. The van der Waals surface area contributed by atoms with Crippen molar-refractivity contribution in [2.75, 3.05) is 17.2 Å². The maximum absolute atomic E-state index is 12.3. The molecule has 2 N–H and O–H groups in total. The van der Waals surface area contributed by atoms with Crippen molar-refractivity contribution >= 4 is 29.0 Å². The second-order valence-corrected chi connectivity index (χ2v) is 6.13. The number of anilines is 2. The van der Waals surface area contributed by atoms with Crippen LogP contribution < -0.4 is 15.4 Å². The minimum Gasteiger partial charge on any atom is -0.494 e. The van der Waals surface area contributed by atoms with Crippen LogP contribution in [0, 0.1) is 0 Å². The van der Waals surface area contributed by atoms with E-state index < -0.39 is 0 Å². The van der Waals surface area contributed by atoms with Crippen molar-refractivity contribution in [2.45, 2.75) is 13.5 Å². The molecule has 3 rings (SSSR count). The van der Waals surface area contributed by atoms with Crippen LogP contribution in [-0.2, 0) is 6.54 Å². The standard InChI is InChI=1S/C20H19ClN4O2/c1-2-27-17-9-7-16(8-10-17)23-20(26)18-11-12-19(25-24-18)22-13-14-3-5-15(21)6-4-14/h3-12H,2,13H2,1H3,(H,22,25)(H,23,26). The van der Waals surface area contributed by atoms with Crippen molar-refractivity contribution in [3.63, 3.8) is 0 Å². The number of carbonyl (C=O) groups is 1. The van der Waals surface area contributed by atoms with E-state index in [1.165, 1.54) is 0 Å². The molecule has 0 saturated heterocycles. The van der Waals surface area contributed by atoms with E-state index in [1.54, 1.807) is 36.4 Å². The lowest BCUT2D eigenvalue weighted by atomic mass is 10.2. The molecule has 7 heteroatoms. The summed E-state index contributed by atoms with van der Waals surface area (Å²) in [5.74, 6) is 1.02. The molecule has 0 spiro atoms. The summed E-state index contributed by atoms with van der Waals surface area (Å²) in [6.45, 7) is 3.10. The first-order chi connectivity index (χ1) is 13.1. The maximum atomic E-state index is 12.3. The lowest BCUT2D eigenvalue weighted by molar-refractivity contribution is 0.102. The molecule has 0 aliphatic carbocycles. The second-order valence-electron chi connectivity index (χ2n) is 5.70. The van der Waals surface area contributed by atoms with Gasteiger partial charge in [0.15, 0.2) is 5.69 Å². The van der Waals surface area contributed by atoms with Crippen molar-refractivity contribution in [1.82, 2.24) is 10.2 Å². The highest BCUT2D eigenvalue weighted by Gasteiger charge is 2.09. The number of benzene rings is 2. The Balaban J connectivity index is 1.55. The van der Waals surface area contributed by atoms with Gasteiger partial charge in [0.2, 0.25) is 0 Å². The number of hydrogen-bond acceptors (Lipinski definition) is 5. The number of amides is 1. The van der Waals surface area contributed by atoms with E-state index in [-0.39, 0.29) is 11.6 Å². The molecule has 27 heavy (non-hydrogen) atoms. The minimum atomic E-state index is -0.323. The number of ether oxygens (including phenoxy) is 1. The quantitative estimate of drug-likeness (QED) is 0.633. The van der Waals surface area contributed by atoms with Gasteiger partial charge in [-0.1, -0.05) is 23.7 Å². The van der Waals surface area contributed by atoms with E-state index in [0.717, 1.165) is 11.3 Å². The molecular weight excluding hydrogens is 364 g/mol. The summed E-state index contributed by atoms with van der Waals surface area (Å²) in [5.41, 5.74) is 1.97. The van der Waals surface area contributed by atoms with Crippen molar-refractivity contribution in [2.24, 2.45) is 0 Å². The van der Waals surface area contributed by atoms with Gasteiger partial charge in [-0.3, -0.25) is 4.79 Å². The van der Waals surface area contributed by atoms with Gasteiger partial charge in [-0.2, -0.15) is 0 Å². The van der Waals surface area contributed by atoms with E-state index in [1.807, 2.05) is 31.2 Å². The zero-order valence-electron chi connectivity index (χ0n) is 14.8. The smallest absolute Gasteiger partial charge is 0.276 e. The molecule has 0 aliphatic rings. The number of aromatic nitrogens is 2. The molecule has 3 aromatic rings. The van der Waals surface area contributed by atoms with Crippen LogP contribution in [0.3, 0.4) is 0 Å². The highest BCUT2D eigenvalue weighted by molar-refractivity contribution is 6.30. The molecule has 1 amide bonds. The summed E-state index contributed by atoms with van der Waals surface area (Å²) in [4.78, 5) is 12.3. The number of rotatable bonds is 7. The first-order valence-electron chi connectivity index (χ1n) is 8.50. The fraction of sp³-hybridized carbons (Fsp3) is 0.150. The molecule has 1 heterocycles.